The third-order valence-electron chi connectivity index (χ3n) is 3.16. The summed E-state index contributed by atoms with van der Waals surface area (Å²) in [5.41, 5.74) is 1.70. The lowest BCUT2D eigenvalue weighted by molar-refractivity contribution is -0.384. The van der Waals surface area contributed by atoms with Crippen LogP contribution in [0, 0.1) is 10.1 Å². The summed E-state index contributed by atoms with van der Waals surface area (Å²) in [4.78, 5) is 25.5. The van der Waals surface area contributed by atoms with Crippen LogP contribution in [0.25, 0.3) is 10.9 Å². The van der Waals surface area contributed by atoms with Gasteiger partial charge in [0.1, 0.15) is 0 Å². The molecule has 1 aromatic heterocycles. The number of H-pyrrole nitrogens is 1. The SMILES string of the molecule is O=C(Nc1cccc2[nH]ccc12)c1cccc([N+](=O)[O-])c1. The number of nitrogens with one attached hydrogen (secondary N) is 2. The number of carbonyl (C=O) groups excluding carboxylic acids is 1. The van der Waals surface area contributed by atoms with Gasteiger partial charge >= 0.3 is 0 Å². The van der Waals surface area contributed by atoms with E-state index in [1.54, 1.807) is 18.3 Å². The molecule has 3 rings (SSSR count). The number of amides is 1. The maximum atomic E-state index is 12.2. The number of nitrogens with zero attached hydrogens (tertiary/aromatic N) is 1. The average Bonchev–Trinajstić information content (AvgIpc) is 2.97. The molecule has 0 radical (unpaired) electrons. The number of aromatic nitrogens is 1. The molecule has 0 bridgehead atoms. The van der Waals surface area contributed by atoms with Crippen molar-refractivity contribution in [2.24, 2.45) is 0 Å². The van der Waals surface area contributed by atoms with Gasteiger partial charge in [-0.2, -0.15) is 0 Å². The van der Waals surface area contributed by atoms with Gasteiger partial charge in [0.2, 0.25) is 0 Å². The zero-order chi connectivity index (χ0) is 14.8. The van der Waals surface area contributed by atoms with E-state index in [1.165, 1.54) is 18.2 Å². The molecule has 0 saturated carbocycles. The molecule has 0 fully saturated rings. The normalized spacial score (nSPS) is 10.5. The lowest BCUT2D eigenvalue weighted by Crippen LogP contribution is -2.12. The van der Waals surface area contributed by atoms with Gasteiger partial charge in [0, 0.05) is 34.8 Å². The van der Waals surface area contributed by atoms with Crippen molar-refractivity contribution in [2.45, 2.75) is 0 Å². The summed E-state index contributed by atoms with van der Waals surface area (Å²) in [5, 5.41) is 14.4. The molecule has 0 saturated heterocycles. The number of rotatable bonds is 3. The van der Waals surface area contributed by atoms with Crippen molar-refractivity contribution < 1.29 is 9.72 Å². The van der Waals surface area contributed by atoms with Crippen LogP contribution in [0.2, 0.25) is 0 Å². The summed E-state index contributed by atoms with van der Waals surface area (Å²) in [6.45, 7) is 0. The predicted octanol–water partition coefficient (Wildman–Crippen LogP) is 3.33. The van der Waals surface area contributed by atoms with Crippen LogP contribution in [0.15, 0.2) is 54.7 Å². The van der Waals surface area contributed by atoms with Gasteiger partial charge < -0.3 is 10.3 Å². The van der Waals surface area contributed by atoms with Gasteiger partial charge in [0.05, 0.1) is 10.6 Å². The van der Waals surface area contributed by atoms with Crippen LogP contribution in [-0.4, -0.2) is 15.8 Å². The van der Waals surface area contributed by atoms with Crippen molar-refractivity contribution in [2.75, 3.05) is 5.32 Å². The van der Waals surface area contributed by atoms with E-state index >= 15 is 0 Å². The zero-order valence-electron chi connectivity index (χ0n) is 10.9. The highest BCUT2D eigenvalue weighted by Crippen LogP contribution is 2.23. The fraction of sp³-hybridized carbons (Fsp3) is 0. The number of nitro groups is 1. The number of nitro benzene ring substituents is 1. The van der Waals surface area contributed by atoms with Gasteiger partial charge in [-0.3, -0.25) is 14.9 Å². The second-order valence-electron chi connectivity index (χ2n) is 4.51. The predicted molar refractivity (Wildman–Crippen MR) is 79.3 cm³/mol. The first-order chi connectivity index (χ1) is 10.1. The Morgan fingerprint density at radius 3 is 2.76 bits per heavy atom. The van der Waals surface area contributed by atoms with Crippen LogP contribution in [0.3, 0.4) is 0 Å². The molecule has 104 valence electrons. The molecule has 0 aliphatic carbocycles. The van der Waals surface area contributed by atoms with Crippen molar-refractivity contribution in [3.63, 3.8) is 0 Å². The van der Waals surface area contributed by atoms with E-state index in [4.69, 9.17) is 0 Å². The number of carbonyl (C=O) groups is 1. The third-order valence-corrected chi connectivity index (χ3v) is 3.16. The number of non-ortho nitro benzene ring substituents is 1. The standard InChI is InChI=1S/C15H11N3O3/c19-15(10-3-1-4-11(9-10)18(20)21)17-14-6-2-5-13-12(14)7-8-16-13/h1-9,16H,(H,17,19). The van der Waals surface area contributed by atoms with Gasteiger partial charge in [-0.1, -0.05) is 12.1 Å². The molecule has 0 aliphatic rings. The fourth-order valence-corrected chi connectivity index (χ4v) is 2.15. The van der Waals surface area contributed by atoms with E-state index in [-0.39, 0.29) is 17.2 Å². The Labute approximate surface area is 119 Å². The quantitative estimate of drug-likeness (QED) is 0.570. The van der Waals surface area contributed by atoms with Crippen molar-refractivity contribution in [3.05, 3.63) is 70.4 Å². The largest absolute Gasteiger partial charge is 0.361 e. The first kappa shape index (κ1) is 12.9. The highest BCUT2D eigenvalue weighted by atomic mass is 16.6. The Kier molecular flexibility index (Phi) is 3.12. The topological polar surface area (TPSA) is 88.0 Å². The molecule has 3 aromatic rings. The molecule has 6 nitrogen and oxygen atoms in total. The van der Waals surface area contributed by atoms with Crippen molar-refractivity contribution >= 4 is 28.2 Å². The van der Waals surface area contributed by atoms with Crippen LogP contribution in [-0.2, 0) is 0 Å². The minimum absolute atomic E-state index is 0.109. The summed E-state index contributed by atoms with van der Waals surface area (Å²) >= 11 is 0. The molecule has 0 aliphatic heterocycles. The lowest BCUT2D eigenvalue weighted by Gasteiger charge is -2.06. The van der Waals surface area contributed by atoms with Crippen LogP contribution < -0.4 is 5.32 Å². The van der Waals surface area contributed by atoms with E-state index < -0.39 is 4.92 Å². The number of hydrogen-bond acceptors (Lipinski definition) is 3. The lowest BCUT2D eigenvalue weighted by atomic mass is 10.1. The molecule has 1 heterocycles. The number of hydrogen-bond donors (Lipinski definition) is 2. The monoisotopic (exact) mass is 281 g/mol. The first-order valence-corrected chi connectivity index (χ1v) is 6.27. The molecule has 2 N–H and O–H groups in total. The van der Waals surface area contributed by atoms with Gasteiger partial charge in [0.15, 0.2) is 0 Å². The van der Waals surface area contributed by atoms with Crippen LogP contribution in [0.4, 0.5) is 11.4 Å². The number of aromatic amines is 1. The maximum Gasteiger partial charge on any atom is 0.270 e. The molecule has 0 atom stereocenters. The number of fused-ring (bicyclic) bond motifs is 1. The second kappa shape index (κ2) is 5.09. The molecule has 6 heteroatoms. The zero-order valence-corrected chi connectivity index (χ0v) is 10.9. The molecule has 0 spiro atoms. The summed E-state index contributed by atoms with van der Waals surface area (Å²) in [6.07, 6.45) is 1.79. The van der Waals surface area contributed by atoms with Crippen molar-refractivity contribution in [1.29, 1.82) is 0 Å². The number of benzene rings is 2. The Morgan fingerprint density at radius 1 is 1.14 bits per heavy atom. The first-order valence-electron chi connectivity index (χ1n) is 6.27. The molecular weight excluding hydrogens is 270 g/mol. The Hall–Kier alpha value is -3.15. The van der Waals surface area contributed by atoms with Crippen LogP contribution >= 0.6 is 0 Å². The Bertz CT molecular complexity index is 839. The third kappa shape index (κ3) is 2.46. The highest BCUT2D eigenvalue weighted by Gasteiger charge is 2.12. The van der Waals surface area contributed by atoms with E-state index in [2.05, 4.69) is 10.3 Å². The van der Waals surface area contributed by atoms with Crippen molar-refractivity contribution in [3.8, 4) is 0 Å². The van der Waals surface area contributed by atoms with Crippen molar-refractivity contribution in [1.82, 2.24) is 4.98 Å². The fourth-order valence-electron chi connectivity index (χ4n) is 2.15. The van der Waals surface area contributed by atoms with E-state index in [0.717, 1.165) is 10.9 Å². The number of anilines is 1. The van der Waals surface area contributed by atoms with Gasteiger partial charge in [0.25, 0.3) is 11.6 Å². The second-order valence-corrected chi connectivity index (χ2v) is 4.51. The summed E-state index contributed by atoms with van der Waals surface area (Å²) in [5.74, 6) is -0.382. The van der Waals surface area contributed by atoms with Crippen LogP contribution in [0.5, 0.6) is 0 Å². The Balaban J connectivity index is 1.91. The smallest absolute Gasteiger partial charge is 0.270 e. The summed E-state index contributed by atoms with van der Waals surface area (Å²) < 4.78 is 0. The van der Waals surface area contributed by atoms with E-state index in [1.807, 2.05) is 18.2 Å². The average molecular weight is 281 g/mol. The molecule has 1 amide bonds. The maximum absolute atomic E-state index is 12.2. The van der Waals surface area contributed by atoms with E-state index in [0.29, 0.717) is 5.69 Å². The summed E-state index contributed by atoms with van der Waals surface area (Å²) in [7, 11) is 0. The minimum Gasteiger partial charge on any atom is -0.361 e. The van der Waals surface area contributed by atoms with Gasteiger partial charge in [-0.15, -0.1) is 0 Å². The molecule has 0 unspecified atom stereocenters. The van der Waals surface area contributed by atoms with Gasteiger partial charge in [-0.05, 0) is 24.3 Å². The molecule has 21 heavy (non-hydrogen) atoms. The Morgan fingerprint density at radius 2 is 1.95 bits per heavy atom. The molecular formula is C15H11N3O3. The van der Waals surface area contributed by atoms with Gasteiger partial charge in [-0.25, -0.2) is 0 Å². The minimum atomic E-state index is -0.524. The highest BCUT2D eigenvalue weighted by molar-refractivity contribution is 6.09. The summed E-state index contributed by atoms with van der Waals surface area (Å²) in [6, 6.07) is 13.0. The molecule has 2 aromatic carbocycles. The van der Waals surface area contributed by atoms with E-state index in [9.17, 15) is 14.9 Å². The van der Waals surface area contributed by atoms with Crippen LogP contribution in [0.1, 0.15) is 10.4 Å².